The molecular weight excluding hydrogens is 126 g/mol. The average Bonchev–Trinajstić information content (AvgIpc) is 1.82. The molecule has 0 radical (unpaired) electrons. The molecule has 0 atom stereocenters. The standard InChI is InChI=1S/C8H10BF/c1-5-3-7(9)4-6(2)8(5)10/h3-4H,9H2,1-2H3. The van der Waals surface area contributed by atoms with Gasteiger partial charge in [-0.25, -0.2) is 4.39 Å². The van der Waals surface area contributed by atoms with Gasteiger partial charge in [0, 0.05) is 0 Å². The molecule has 0 fully saturated rings. The Morgan fingerprint density at radius 3 is 2.00 bits per heavy atom. The first-order chi connectivity index (χ1) is 4.61. The van der Waals surface area contributed by atoms with Gasteiger partial charge in [0.05, 0.1) is 0 Å². The molecule has 0 aliphatic heterocycles. The largest absolute Gasteiger partial charge is 0.206 e. The number of rotatable bonds is 0. The van der Waals surface area contributed by atoms with Gasteiger partial charge in [-0.2, -0.15) is 0 Å². The molecule has 2 heteroatoms. The highest BCUT2D eigenvalue weighted by atomic mass is 19.1. The normalized spacial score (nSPS) is 9.90. The van der Waals surface area contributed by atoms with Crippen molar-refractivity contribution in [3.8, 4) is 0 Å². The van der Waals surface area contributed by atoms with E-state index in [0.29, 0.717) is 0 Å². The van der Waals surface area contributed by atoms with Crippen molar-refractivity contribution in [2.75, 3.05) is 0 Å². The summed E-state index contributed by atoms with van der Waals surface area (Å²) in [5, 5.41) is 0. The molecule has 0 unspecified atom stereocenters. The van der Waals surface area contributed by atoms with Crippen LogP contribution >= 0.6 is 0 Å². The molecule has 1 rings (SSSR count). The number of benzene rings is 1. The third-order valence-electron chi connectivity index (χ3n) is 1.58. The highest BCUT2D eigenvalue weighted by molar-refractivity contribution is 6.32. The topological polar surface area (TPSA) is 0 Å². The molecule has 52 valence electrons. The van der Waals surface area contributed by atoms with Crippen LogP contribution in [0.4, 0.5) is 4.39 Å². The first-order valence-electron chi connectivity index (χ1n) is 3.34. The van der Waals surface area contributed by atoms with Gasteiger partial charge in [-0.05, 0) is 25.0 Å². The van der Waals surface area contributed by atoms with Crippen LogP contribution < -0.4 is 5.46 Å². The highest BCUT2D eigenvalue weighted by Gasteiger charge is 2.00. The summed E-state index contributed by atoms with van der Waals surface area (Å²) in [5.41, 5.74) is 2.59. The smallest absolute Gasteiger partial charge is 0.139 e. The van der Waals surface area contributed by atoms with Gasteiger partial charge in [0.2, 0.25) is 0 Å². The van der Waals surface area contributed by atoms with Crippen LogP contribution in [-0.2, 0) is 0 Å². The van der Waals surface area contributed by atoms with E-state index in [9.17, 15) is 4.39 Å². The van der Waals surface area contributed by atoms with Gasteiger partial charge in [-0.3, -0.25) is 0 Å². The van der Waals surface area contributed by atoms with E-state index in [1.54, 1.807) is 13.8 Å². The van der Waals surface area contributed by atoms with Crippen LogP contribution in [0.1, 0.15) is 11.1 Å². The molecule has 0 amide bonds. The molecule has 0 aromatic heterocycles. The fourth-order valence-corrected chi connectivity index (χ4v) is 1.16. The summed E-state index contributed by atoms with van der Waals surface area (Å²) in [6.07, 6.45) is 0. The van der Waals surface area contributed by atoms with E-state index >= 15 is 0 Å². The van der Waals surface area contributed by atoms with Gasteiger partial charge in [0.1, 0.15) is 13.7 Å². The Bertz CT molecular complexity index is 232. The van der Waals surface area contributed by atoms with Crippen LogP contribution in [-0.4, -0.2) is 7.85 Å². The Morgan fingerprint density at radius 1 is 1.20 bits per heavy atom. The van der Waals surface area contributed by atoms with Crippen LogP contribution in [0, 0.1) is 19.7 Å². The molecule has 0 saturated carbocycles. The summed E-state index contributed by atoms with van der Waals surface area (Å²) in [6, 6.07) is 3.70. The molecular formula is C8H10BF. The third-order valence-corrected chi connectivity index (χ3v) is 1.58. The zero-order valence-electron chi connectivity index (χ0n) is 6.53. The molecule has 0 aliphatic rings. The molecule has 1 aromatic rings. The van der Waals surface area contributed by atoms with Gasteiger partial charge in [-0.15, -0.1) is 0 Å². The first-order valence-corrected chi connectivity index (χ1v) is 3.34. The lowest BCUT2D eigenvalue weighted by Crippen LogP contribution is -2.05. The van der Waals surface area contributed by atoms with Gasteiger partial charge in [-0.1, -0.05) is 17.6 Å². The average molecular weight is 136 g/mol. The Hall–Kier alpha value is -0.785. The van der Waals surface area contributed by atoms with Crippen molar-refractivity contribution < 1.29 is 4.39 Å². The second kappa shape index (κ2) is 2.45. The molecule has 0 aliphatic carbocycles. The van der Waals surface area contributed by atoms with E-state index in [0.717, 1.165) is 16.6 Å². The van der Waals surface area contributed by atoms with Crippen molar-refractivity contribution in [2.24, 2.45) is 0 Å². The molecule has 0 heterocycles. The Labute approximate surface area is 61.5 Å². The van der Waals surface area contributed by atoms with Crippen LogP contribution in [0.25, 0.3) is 0 Å². The third kappa shape index (κ3) is 1.20. The molecule has 10 heavy (non-hydrogen) atoms. The molecule has 0 bridgehead atoms. The maximum absolute atomic E-state index is 12.9. The fourth-order valence-electron chi connectivity index (χ4n) is 1.16. The highest BCUT2D eigenvalue weighted by Crippen LogP contribution is 2.07. The van der Waals surface area contributed by atoms with Gasteiger partial charge in [0.25, 0.3) is 0 Å². The Balaban J connectivity index is 3.31. The fraction of sp³-hybridized carbons (Fsp3) is 0.250. The summed E-state index contributed by atoms with van der Waals surface area (Å²) in [5.74, 6) is -0.0781. The summed E-state index contributed by atoms with van der Waals surface area (Å²) >= 11 is 0. The SMILES string of the molecule is Bc1cc(C)c(F)c(C)c1. The molecule has 0 spiro atoms. The van der Waals surface area contributed by atoms with E-state index < -0.39 is 0 Å². The van der Waals surface area contributed by atoms with Crippen LogP contribution in [0.3, 0.4) is 0 Å². The van der Waals surface area contributed by atoms with E-state index in [2.05, 4.69) is 0 Å². The minimum absolute atomic E-state index is 0.0781. The number of hydrogen-bond acceptors (Lipinski definition) is 0. The van der Waals surface area contributed by atoms with E-state index in [-0.39, 0.29) is 5.82 Å². The second-order valence-corrected chi connectivity index (χ2v) is 2.71. The van der Waals surface area contributed by atoms with Gasteiger partial charge >= 0.3 is 0 Å². The lowest BCUT2D eigenvalue weighted by atomic mass is 9.92. The van der Waals surface area contributed by atoms with Crippen LogP contribution in [0.2, 0.25) is 0 Å². The maximum Gasteiger partial charge on any atom is 0.139 e. The zero-order valence-corrected chi connectivity index (χ0v) is 6.53. The number of aryl methyl sites for hydroxylation is 2. The van der Waals surface area contributed by atoms with Crippen LogP contribution in [0.15, 0.2) is 12.1 Å². The molecule has 0 saturated heterocycles. The van der Waals surface area contributed by atoms with Crippen molar-refractivity contribution in [1.29, 1.82) is 0 Å². The van der Waals surface area contributed by atoms with Crippen molar-refractivity contribution in [1.82, 2.24) is 0 Å². The van der Waals surface area contributed by atoms with Crippen molar-refractivity contribution in [3.63, 3.8) is 0 Å². The summed E-state index contributed by atoms with van der Waals surface area (Å²) in [6.45, 7) is 3.57. The predicted molar refractivity (Wildman–Crippen MR) is 44.1 cm³/mol. The van der Waals surface area contributed by atoms with Crippen molar-refractivity contribution in [3.05, 3.63) is 29.1 Å². The quantitative estimate of drug-likeness (QED) is 0.460. The van der Waals surface area contributed by atoms with Crippen molar-refractivity contribution >= 4 is 13.3 Å². The van der Waals surface area contributed by atoms with E-state index in [4.69, 9.17) is 0 Å². The van der Waals surface area contributed by atoms with Crippen LogP contribution in [0.5, 0.6) is 0 Å². The predicted octanol–water partition coefficient (Wildman–Crippen LogP) is 0.701. The molecule has 1 aromatic carbocycles. The summed E-state index contributed by atoms with van der Waals surface area (Å²) < 4.78 is 12.9. The Kier molecular flexibility index (Phi) is 1.79. The minimum Gasteiger partial charge on any atom is -0.206 e. The van der Waals surface area contributed by atoms with E-state index in [1.165, 1.54) is 0 Å². The monoisotopic (exact) mass is 136 g/mol. The Morgan fingerprint density at radius 2 is 1.60 bits per heavy atom. The summed E-state index contributed by atoms with van der Waals surface area (Å²) in [7, 11) is 1.97. The lowest BCUT2D eigenvalue weighted by molar-refractivity contribution is 0.610. The zero-order chi connectivity index (χ0) is 7.72. The second-order valence-electron chi connectivity index (χ2n) is 2.71. The van der Waals surface area contributed by atoms with Crippen molar-refractivity contribution in [2.45, 2.75) is 13.8 Å². The summed E-state index contributed by atoms with van der Waals surface area (Å²) in [4.78, 5) is 0. The van der Waals surface area contributed by atoms with Gasteiger partial charge < -0.3 is 0 Å². The minimum atomic E-state index is -0.0781. The number of hydrogen-bond donors (Lipinski definition) is 0. The van der Waals surface area contributed by atoms with E-state index in [1.807, 2.05) is 20.0 Å². The molecule has 0 N–H and O–H groups in total. The lowest BCUT2D eigenvalue weighted by Gasteiger charge is -2.01. The first kappa shape index (κ1) is 7.32. The number of halogens is 1. The maximum atomic E-state index is 12.9. The van der Waals surface area contributed by atoms with Gasteiger partial charge in [0.15, 0.2) is 0 Å². The molecule has 0 nitrogen and oxygen atoms in total.